The quantitative estimate of drug-likeness (QED) is 0.841. The molecule has 4 heteroatoms. The summed E-state index contributed by atoms with van der Waals surface area (Å²) in [5.41, 5.74) is 4.42. The minimum atomic E-state index is -0.307. The summed E-state index contributed by atoms with van der Waals surface area (Å²) in [7, 11) is 0. The van der Waals surface area contributed by atoms with Gasteiger partial charge in [-0.05, 0) is 36.5 Å². The van der Waals surface area contributed by atoms with Gasteiger partial charge in [0.1, 0.15) is 0 Å². The van der Waals surface area contributed by atoms with E-state index in [-0.39, 0.29) is 30.2 Å². The molecule has 2 aromatic carbocycles. The van der Waals surface area contributed by atoms with Gasteiger partial charge in [-0.2, -0.15) is 0 Å². The molecule has 1 aliphatic heterocycles. The average molecular weight is 364 g/mol. The normalized spacial score (nSPS) is 17.8. The minimum absolute atomic E-state index is 0.0399. The molecule has 0 unspecified atom stereocenters. The summed E-state index contributed by atoms with van der Waals surface area (Å²) in [6.45, 7) is 6.63. The van der Waals surface area contributed by atoms with Gasteiger partial charge in [-0.25, -0.2) is 0 Å². The van der Waals surface area contributed by atoms with Crippen LogP contribution in [0.15, 0.2) is 48.5 Å². The van der Waals surface area contributed by atoms with Crippen molar-refractivity contribution < 1.29 is 9.59 Å². The Labute approximate surface area is 161 Å². The summed E-state index contributed by atoms with van der Waals surface area (Å²) >= 11 is 0. The van der Waals surface area contributed by atoms with Crippen molar-refractivity contribution >= 4 is 17.5 Å². The number of nitrogens with one attached hydrogen (secondary N) is 1. The number of amides is 2. The van der Waals surface area contributed by atoms with E-state index in [4.69, 9.17) is 0 Å². The van der Waals surface area contributed by atoms with E-state index < -0.39 is 0 Å². The number of hydrogen-bond acceptors (Lipinski definition) is 2. The zero-order valence-corrected chi connectivity index (χ0v) is 16.4. The van der Waals surface area contributed by atoms with Crippen molar-refractivity contribution in [3.8, 4) is 0 Å². The molecule has 1 N–H and O–H groups in total. The highest BCUT2D eigenvalue weighted by Gasteiger charge is 2.36. The zero-order valence-electron chi connectivity index (χ0n) is 16.4. The third-order valence-electron chi connectivity index (χ3n) is 5.39. The molecule has 0 radical (unpaired) electrons. The average Bonchev–Trinajstić information content (AvgIpc) is 3.09. The summed E-state index contributed by atoms with van der Waals surface area (Å²) in [4.78, 5) is 27.3. The summed E-state index contributed by atoms with van der Waals surface area (Å²) < 4.78 is 0. The molecule has 0 aromatic heterocycles. The third-order valence-corrected chi connectivity index (χ3v) is 5.39. The highest BCUT2D eigenvalue weighted by atomic mass is 16.2. The van der Waals surface area contributed by atoms with E-state index in [1.165, 1.54) is 11.1 Å². The van der Waals surface area contributed by atoms with Crippen molar-refractivity contribution in [2.24, 2.45) is 5.92 Å². The zero-order chi connectivity index (χ0) is 19.4. The highest BCUT2D eigenvalue weighted by molar-refractivity contribution is 6.01. The van der Waals surface area contributed by atoms with E-state index in [0.29, 0.717) is 6.54 Å². The van der Waals surface area contributed by atoms with Gasteiger partial charge >= 0.3 is 0 Å². The molecule has 0 aliphatic carbocycles. The van der Waals surface area contributed by atoms with Crippen molar-refractivity contribution in [3.63, 3.8) is 0 Å². The Bertz CT molecular complexity index is 794. The van der Waals surface area contributed by atoms with Crippen molar-refractivity contribution in [1.29, 1.82) is 0 Å². The van der Waals surface area contributed by atoms with Gasteiger partial charge in [-0.1, -0.05) is 62.4 Å². The molecule has 2 amide bonds. The van der Waals surface area contributed by atoms with Crippen LogP contribution in [0, 0.1) is 5.92 Å². The SMILES string of the molecule is CCc1cccc(CC)c1N1C[C@@H](C(=O)N[C@H](C)c2ccccc2)CC1=O. The van der Waals surface area contributed by atoms with E-state index in [2.05, 4.69) is 31.3 Å². The van der Waals surface area contributed by atoms with Crippen LogP contribution in [-0.2, 0) is 22.4 Å². The molecule has 1 heterocycles. The lowest BCUT2D eigenvalue weighted by molar-refractivity contribution is -0.126. The number of para-hydroxylation sites is 1. The number of aryl methyl sites for hydroxylation is 2. The maximum absolute atomic E-state index is 12.8. The Morgan fingerprint density at radius 1 is 1.07 bits per heavy atom. The molecule has 1 fully saturated rings. The molecule has 4 nitrogen and oxygen atoms in total. The number of benzene rings is 2. The Hall–Kier alpha value is -2.62. The topological polar surface area (TPSA) is 49.4 Å². The predicted octanol–water partition coefficient (Wildman–Crippen LogP) is 4.04. The number of carbonyl (C=O) groups is 2. The van der Waals surface area contributed by atoms with Crippen LogP contribution in [0.2, 0.25) is 0 Å². The van der Waals surface area contributed by atoms with Gasteiger partial charge in [0.25, 0.3) is 0 Å². The van der Waals surface area contributed by atoms with Crippen molar-refractivity contribution in [2.45, 2.75) is 46.1 Å². The highest BCUT2D eigenvalue weighted by Crippen LogP contribution is 2.32. The maximum Gasteiger partial charge on any atom is 0.227 e. The summed E-state index contributed by atoms with van der Waals surface area (Å²) in [6, 6.07) is 16.0. The maximum atomic E-state index is 12.8. The molecule has 1 saturated heterocycles. The molecule has 2 aromatic rings. The second-order valence-corrected chi connectivity index (χ2v) is 7.18. The van der Waals surface area contributed by atoms with Crippen LogP contribution in [0.4, 0.5) is 5.69 Å². The molecule has 0 saturated carbocycles. The largest absolute Gasteiger partial charge is 0.349 e. The van der Waals surface area contributed by atoms with Gasteiger partial charge in [0, 0.05) is 18.7 Å². The summed E-state index contributed by atoms with van der Waals surface area (Å²) in [5.74, 6) is -0.314. The van der Waals surface area contributed by atoms with Crippen LogP contribution < -0.4 is 10.2 Å². The van der Waals surface area contributed by atoms with Gasteiger partial charge < -0.3 is 10.2 Å². The second-order valence-electron chi connectivity index (χ2n) is 7.18. The molecule has 142 valence electrons. The van der Waals surface area contributed by atoms with Gasteiger partial charge in [-0.15, -0.1) is 0 Å². The number of nitrogens with zero attached hydrogens (tertiary/aromatic N) is 1. The van der Waals surface area contributed by atoms with Crippen molar-refractivity contribution in [1.82, 2.24) is 5.32 Å². The molecule has 2 atom stereocenters. The molecular formula is C23H28N2O2. The van der Waals surface area contributed by atoms with E-state index in [1.807, 2.05) is 48.2 Å². The molecule has 1 aliphatic rings. The van der Waals surface area contributed by atoms with Crippen LogP contribution in [0.5, 0.6) is 0 Å². The standard InChI is InChI=1S/C23H28N2O2/c1-4-17-12-9-13-18(5-2)22(17)25-15-20(14-21(25)26)23(27)24-16(3)19-10-7-6-8-11-19/h6-13,16,20H,4-5,14-15H2,1-3H3,(H,24,27)/t16-,20+/m1/s1. The van der Waals surface area contributed by atoms with Crippen LogP contribution in [0.1, 0.15) is 49.9 Å². The minimum Gasteiger partial charge on any atom is -0.349 e. The van der Waals surface area contributed by atoms with Gasteiger partial charge in [0.2, 0.25) is 11.8 Å². The first-order chi connectivity index (χ1) is 13.0. The number of hydrogen-bond donors (Lipinski definition) is 1. The van der Waals surface area contributed by atoms with Crippen molar-refractivity contribution in [3.05, 3.63) is 65.2 Å². The molecule has 3 rings (SSSR count). The van der Waals surface area contributed by atoms with Crippen LogP contribution >= 0.6 is 0 Å². The van der Waals surface area contributed by atoms with E-state index >= 15 is 0 Å². The van der Waals surface area contributed by atoms with Gasteiger partial charge in [0.15, 0.2) is 0 Å². The monoisotopic (exact) mass is 364 g/mol. The number of carbonyl (C=O) groups excluding carboxylic acids is 2. The fraction of sp³-hybridized carbons (Fsp3) is 0.391. The molecule has 27 heavy (non-hydrogen) atoms. The summed E-state index contributed by atoms with van der Waals surface area (Å²) in [5, 5.41) is 3.07. The second kappa shape index (κ2) is 8.38. The molecule has 0 bridgehead atoms. The fourth-order valence-electron chi connectivity index (χ4n) is 3.82. The molecule has 0 spiro atoms. The number of rotatable bonds is 6. The van der Waals surface area contributed by atoms with Crippen LogP contribution in [0.3, 0.4) is 0 Å². The lowest BCUT2D eigenvalue weighted by Crippen LogP contribution is -2.35. The fourth-order valence-corrected chi connectivity index (χ4v) is 3.82. The lowest BCUT2D eigenvalue weighted by atomic mass is 10.0. The van der Waals surface area contributed by atoms with Gasteiger partial charge in [-0.3, -0.25) is 9.59 Å². The van der Waals surface area contributed by atoms with E-state index in [9.17, 15) is 9.59 Å². The Kier molecular flexibility index (Phi) is 5.94. The number of anilines is 1. The lowest BCUT2D eigenvalue weighted by Gasteiger charge is -2.23. The van der Waals surface area contributed by atoms with Crippen molar-refractivity contribution in [2.75, 3.05) is 11.4 Å². The smallest absolute Gasteiger partial charge is 0.227 e. The first-order valence-corrected chi connectivity index (χ1v) is 9.81. The Morgan fingerprint density at radius 2 is 1.70 bits per heavy atom. The first-order valence-electron chi connectivity index (χ1n) is 9.81. The third kappa shape index (κ3) is 4.05. The van der Waals surface area contributed by atoms with Gasteiger partial charge in [0.05, 0.1) is 12.0 Å². The van der Waals surface area contributed by atoms with Crippen LogP contribution in [-0.4, -0.2) is 18.4 Å². The predicted molar refractivity (Wildman–Crippen MR) is 109 cm³/mol. The first kappa shape index (κ1) is 19.2. The van der Waals surface area contributed by atoms with E-state index in [1.54, 1.807) is 0 Å². The van der Waals surface area contributed by atoms with Crippen LogP contribution in [0.25, 0.3) is 0 Å². The summed E-state index contributed by atoms with van der Waals surface area (Å²) in [6.07, 6.45) is 2.01. The van der Waals surface area contributed by atoms with E-state index in [0.717, 1.165) is 24.1 Å². The molecular weight excluding hydrogens is 336 g/mol. The Balaban J connectivity index is 1.75. The Morgan fingerprint density at radius 3 is 2.30 bits per heavy atom.